The zero-order valence-electron chi connectivity index (χ0n) is 12.6. The quantitative estimate of drug-likeness (QED) is 0.797. The number of rotatable bonds is 4. The van der Waals surface area contributed by atoms with Crippen LogP contribution in [0.5, 0.6) is 0 Å². The van der Waals surface area contributed by atoms with Crippen molar-refractivity contribution >= 4 is 7.60 Å². The van der Waals surface area contributed by atoms with Crippen LogP contribution < -0.4 is 0 Å². The SMILES string of the molecule is COC1=CC2c3ccccc3C3C1N=NC23P(=O)(OC)OC. The number of fused-ring (bicyclic) bond motifs is 2. The van der Waals surface area contributed by atoms with Crippen molar-refractivity contribution in [2.45, 2.75) is 23.2 Å². The van der Waals surface area contributed by atoms with Gasteiger partial charge in [-0.15, -0.1) is 0 Å². The van der Waals surface area contributed by atoms with Gasteiger partial charge in [0.25, 0.3) is 0 Å². The van der Waals surface area contributed by atoms with Gasteiger partial charge in [0, 0.05) is 20.1 Å². The summed E-state index contributed by atoms with van der Waals surface area (Å²) < 4.78 is 29.5. The Morgan fingerprint density at radius 1 is 1.14 bits per heavy atom. The van der Waals surface area contributed by atoms with Crippen LogP contribution in [0.4, 0.5) is 0 Å². The largest absolute Gasteiger partial charge is 0.499 e. The first-order valence-electron chi connectivity index (χ1n) is 7.11. The zero-order chi connectivity index (χ0) is 15.5. The number of benzene rings is 1. The van der Waals surface area contributed by atoms with Crippen molar-refractivity contribution in [3.8, 4) is 0 Å². The molecule has 4 bridgehead atoms. The standard InChI is InChI=1S/C15H17N2O4P/c1-19-12-8-11-9-6-4-5-7-10(9)13-14(12)16-17-15(11,13)22(18,20-2)21-3/h4-8,11,13-14H,1-3H3. The van der Waals surface area contributed by atoms with E-state index in [-0.39, 0.29) is 17.9 Å². The highest BCUT2D eigenvalue weighted by Crippen LogP contribution is 2.77. The highest BCUT2D eigenvalue weighted by molar-refractivity contribution is 7.55. The van der Waals surface area contributed by atoms with E-state index in [4.69, 9.17) is 13.8 Å². The van der Waals surface area contributed by atoms with Gasteiger partial charge in [-0.25, -0.2) is 0 Å². The molecule has 0 amide bonds. The molecule has 0 N–H and O–H groups in total. The smallest absolute Gasteiger partial charge is 0.361 e. The lowest BCUT2D eigenvalue weighted by atomic mass is 9.83. The Bertz CT molecular complexity index is 739. The molecule has 0 radical (unpaired) electrons. The monoisotopic (exact) mass is 320 g/mol. The second-order valence-electron chi connectivity index (χ2n) is 5.66. The van der Waals surface area contributed by atoms with E-state index in [2.05, 4.69) is 10.2 Å². The first-order chi connectivity index (χ1) is 10.6. The minimum atomic E-state index is -3.48. The van der Waals surface area contributed by atoms with Crippen LogP contribution >= 0.6 is 7.60 Å². The van der Waals surface area contributed by atoms with Crippen molar-refractivity contribution in [3.05, 3.63) is 47.2 Å². The summed E-state index contributed by atoms with van der Waals surface area (Å²) in [6.07, 6.45) is 1.97. The summed E-state index contributed by atoms with van der Waals surface area (Å²) in [5, 5.41) is 7.80. The van der Waals surface area contributed by atoms with Crippen LogP contribution in [-0.2, 0) is 18.3 Å². The topological polar surface area (TPSA) is 69.5 Å². The van der Waals surface area contributed by atoms with Gasteiger partial charge in [-0.3, -0.25) is 4.57 Å². The fraction of sp³-hybridized carbons (Fsp3) is 0.467. The molecular weight excluding hydrogens is 303 g/mol. The van der Waals surface area contributed by atoms with Gasteiger partial charge in [-0.2, -0.15) is 10.2 Å². The molecule has 4 unspecified atom stereocenters. The molecule has 0 aromatic heterocycles. The van der Waals surface area contributed by atoms with Crippen molar-refractivity contribution in [3.63, 3.8) is 0 Å². The Morgan fingerprint density at radius 3 is 2.45 bits per heavy atom. The molecule has 0 spiro atoms. The molecule has 1 heterocycles. The maximum atomic E-state index is 13.3. The van der Waals surface area contributed by atoms with E-state index in [0.717, 1.165) is 16.9 Å². The second-order valence-corrected chi connectivity index (χ2v) is 8.11. The molecule has 1 aliphatic heterocycles. The highest BCUT2D eigenvalue weighted by Gasteiger charge is 2.72. The van der Waals surface area contributed by atoms with E-state index in [1.807, 2.05) is 30.3 Å². The van der Waals surface area contributed by atoms with Gasteiger partial charge < -0.3 is 13.8 Å². The van der Waals surface area contributed by atoms with Gasteiger partial charge in [0.05, 0.1) is 13.0 Å². The average Bonchev–Trinajstić information content (AvgIpc) is 2.97. The Morgan fingerprint density at radius 2 is 1.82 bits per heavy atom. The molecular formula is C15H17N2O4P. The van der Waals surface area contributed by atoms with Gasteiger partial charge in [-0.1, -0.05) is 24.3 Å². The first kappa shape index (κ1) is 14.1. The summed E-state index contributed by atoms with van der Waals surface area (Å²) >= 11 is 0. The van der Waals surface area contributed by atoms with E-state index < -0.39 is 12.9 Å². The van der Waals surface area contributed by atoms with Crippen LogP contribution in [0.3, 0.4) is 0 Å². The summed E-state index contributed by atoms with van der Waals surface area (Å²) in [7, 11) is 0.961. The van der Waals surface area contributed by atoms with Gasteiger partial charge >= 0.3 is 7.60 Å². The van der Waals surface area contributed by atoms with Crippen LogP contribution in [0.15, 0.2) is 46.3 Å². The molecule has 7 heteroatoms. The van der Waals surface area contributed by atoms with E-state index in [1.54, 1.807) is 7.11 Å². The van der Waals surface area contributed by atoms with Crippen molar-refractivity contribution in [2.75, 3.05) is 21.3 Å². The lowest BCUT2D eigenvalue weighted by Gasteiger charge is -2.38. The van der Waals surface area contributed by atoms with Crippen LogP contribution in [-0.4, -0.2) is 32.7 Å². The van der Waals surface area contributed by atoms with E-state index in [9.17, 15) is 4.57 Å². The number of azo groups is 1. The minimum Gasteiger partial charge on any atom is -0.499 e. The van der Waals surface area contributed by atoms with Crippen LogP contribution in [0.2, 0.25) is 0 Å². The predicted octanol–water partition coefficient (Wildman–Crippen LogP) is 3.43. The number of hydrogen-bond donors (Lipinski definition) is 0. The summed E-state index contributed by atoms with van der Waals surface area (Å²) in [4.78, 5) is 0. The summed E-state index contributed by atoms with van der Waals surface area (Å²) in [6.45, 7) is 0. The molecule has 0 fully saturated rings. The third-order valence-electron chi connectivity index (χ3n) is 5.02. The van der Waals surface area contributed by atoms with Gasteiger partial charge in [0.15, 0.2) is 0 Å². The number of methoxy groups -OCH3 is 1. The Balaban J connectivity index is 2.02. The third-order valence-corrected chi connectivity index (χ3v) is 7.50. The predicted molar refractivity (Wildman–Crippen MR) is 80.0 cm³/mol. The molecule has 3 aliphatic rings. The molecule has 4 rings (SSSR count). The van der Waals surface area contributed by atoms with Crippen molar-refractivity contribution < 1.29 is 18.3 Å². The molecule has 2 aliphatic carbocycles. The van der Waals surface area contributed by atoms with Crippen LogP contribution in [0, 0.1) is 0 Å². The third kappa shape index (κ3) is 1.36. The van der Waals surface area contributed by atoms with Gasteiger partial charge in [-0.05, 0) is 17.2 Å². The van der Waals surface area contributed by atoms with Crippen molar-refractivity contribution in [1.29, 1.82) is 0 Å². The summed E-state index contributed by atoms with van der Waals surface area (Å²) in [5.74, 6) is 0.359. The molecule has 22 heavy (non-hydrogen) atoms. The maximum Gasteiger partial charge on any atom is 0.361 e. The van der Waals surface area contributed by atoms with E-state index in [0.29, 0.717) is 0 Å². The van der Waals surface area contributed by atoms with E-state index >= 15 is 0 Å². The fourth-order valence-corrected chi connectivity index (χ4v) is 6.19. The molecule has 0 saturated heterocycles. The summed E-state index contributed by atoms with van der Waals surface area (Å²) in [6, 6.07) is 7.76. The van der Waals surface area contributed by atoms with Gasteiger partial charge in [0.2, 0.25) is 5.28 Å². The number of hydrogen-bond acceptors (Lipinski definition) is 6. The highest BCUT2D eigenvalue weighted by atomic mass is 31.2. The fourth-order valence-electron chi connectivity index (χ4n) is 4.12. The van der Waals surface area contributed by atoms with Crippen LogP contribution in [0.25, 0.3) is 0 Å². The lowest BCUT2D eigenvalue weighted by molar-refractivity contribution is 0.212. The first-order valence-corrected chi connectivity index (χ1v) is 8.65. The number of nitrogens with zero attached hydrogens (tertiary/aromatic N) is 2. The lowest BCUT2D eigenvalue weighted by Crippen LogP contribution is -2.40. The summed E-state index contributed by atoms with van der Waals surface area (Å²) in [5.41, 5.74) is 2.19. The normalized spacial score (nSPS) is 34.5. The number of ether oxygens (including phenoxy) is 1. The zero-order valence-corrected chi connectivity index (χ0v) is 13.5. The molecule has 0 saturated carbocycles. The van der Waals surface area contributed by atoms with E-state index in [1.165, 1.54) is 14.2 Å². The second kappa shape index (κ2) is 4.51. The Hall–Kier alpha value is -1.49. The Labute approximate surface area is 128 Å². The van der Waals surface area contributed by atoms with Gasteiger partial charge in [0.1, 0.15) is 11.8 Å². The average molecular weight is 320 g/mol. The van der Waals surface area contributed by atoms with Crippen molar-refractivity contribution in [1.82, 2.24) is 0 Å². The Kier molecular flexibility index (Phi) is 2.89. The molecule has 6 nitrogen and oxygen atoms in total. The molecule has 1 aromatic carbocycles. The molecule has 1 aromatic rings. The van der Waals surface area contributed by atoms with Crippen LogP contribution in [0.1, 0.15) is 23.0 Å². The molecule has 4 atom stereocenters. The minimum absolute atomic E-state index is 0.181. The molecule has 116 valence electrons. The van der Waals surface area contributed by atoms with Crippen molar-refractivity contribution in [2.24, 2.45) is 10.2 Å². The maximum absolute atomic E-state index is 13.3.